The van der Waals surface area contributed by atoms with Gasteiger partial charge in [0.15, 0.2) is 0 Å². The van der Waals surface area contributed by atoms with Crippen LogP contribution in [-0.2, 0) is 0 Å². The summed E-state index contributed by atoms with van der Waals surface area (Å²) in [7, 11) is 0. The number of pyridine rings is 1. The second kappa shape index (κ2) is 4.36. The SMILES string of the molecule is Cc1cccc(Sc2ccccc2N)n1. The van der Waals surface area contributed by atoms with Crippen LogP contribution < -0.4 is 5.73 Å². The molecule has 2 rings (SSSR count). The van der Waals surface area contributed by atoms with Crippen LogP contribution in [-0.4, -0.2) is 4.98 Å². The summed E-state index contributed by atoms with van der Waals surface area (Å²) in [5.41, 5.74) is 7.68. The molecule has 0 aliphatic heterocycles. The first-order chi connectivity index (χ1) is 7.25. The Hall–Kier alpha value is -1.48. The molecule has 0 saturated carbocycles. The lowest BCUT2D eigenvalue weighted by atomic mass is 10.3. The Morgan fingerprint density at radius 3 is 2.60 bits per heavy atom. The molecule has 0 fully saturated rings. The minimum absolute atomic E-state index is 0.797. The maximum absolute atomic E-state index is 5.86. The molecule has 0 amide bonds. The quantitative estimate of drug-likeness (QED) is 0.784. The Morgan fingerprint density at radius 2 is 1.87 bits per heavy atom. The van der Waals surface area contributed by atoms with Gasteiger partial charge in [0.1, 0.15) is 5.03 Å². The fourth-order valence-electron chi connectivity index (χ4n) is 1.26. The molecule has 3 heteroatoms. The maximum atomic E-state index is 5.86. The third-order valence-electron chi connectivity index (χ3n) is 2.00. The number of nitrogen functional groups attached to an aromatic ring is 1. The van der Waals surface area contributed by atoms with Gasteiger partial charge in [0.25, 0.3) is 0 Å². The number of nitrogens with two attached hydrogens (primary N) is 1. The van der Waals surface area contributed by atoms with Gasteiger partial charge in [-0.05, 0) is 31.2 Å². The lowest BCUT2D eigenvalue weighted by Crippen LogP contribution is -1.88. The highest BCUT2D eigenvalue weighted by Crippen LogP contribution is 2.30. The molecule has 1 heterocycles. The summed E-state index contributed by atoms with van der Waals surface area (Å²) in [5.74, 6) is 0. The van der Waals surface area contributed by atoms with E-state index in [9.17, 15) is 0 Å². The predicted molar refractivity (Wildman–Crippen MR) is 64.0 cm³/mol. The molecule has 0 spiro atoms. The normalized spacial score (nSPS) is 10.2. The first kappa shape index (κ1) is 10.1. The molecule has 1 aromatic carbocycles. The van der Waals surface area contributed by atoms with Gasteiger partial charge in [-0.2, -0.15) is 0 Å². The summed E-state index contributed by atoms with van der Waals surface area (Å²) in [6, 6.07) is 13.8. The highest BCUT2D eigenvalue weighted by atomic mass is 32.2. The van der Waals surface area contributed by atoms with E-state index < -0.39 is 0 Å². The van der Waals surface area contributed by atoms with Gasteiger partial charge in [0.05, 0.1) is 0 Å². The molecule has 2 aromatic rings. The van der Waals surface area contributed by atoms with Crippen molar-refractivity contribution in [2.24, 2.45) is 0 Å². The van der Waals surface area contributed by atoms with Gasteiger partial charge < -0.3 is 5.73 Å². The minimum Gasteiger partial charge on any atom is -0.398 e. The van der Waals surface area contributed by atoms with Crippen molar-refractivity contribution in [2.45, 2.75) is 16.8 Å². The van der Waals surface area contributed by atoms with Crippen molar-refractivity contribution >= 4 is 17.4 Å². The first-order valence-corrected chi connectivity index (χ1v) is 5.53. The van der Waals surface area contributed by atoms with E-state index in [-0.39, 0.29) is 0 Å². The van der Waals surface area contributed by atoms with Crippen LogP contribution in [0.5, 0.6) is 0 Å². The molecular weight excluding hydrogens is 204 g/mol. The van der Waals surface area contributed by atoms with Crippen molar-refractivity contribution in [1.82, 2.24) is 4.98 Å². The van der Waals surface area contributed by atoms with E-state index in [1.165, 1.54) is 0 Å². The van der Waals surface area contributed by atoms with E-state index in [0.717, 1.165) is 21.3 Å². The van der Waals surface area contributed by atoms with Crippen LogP contribution in [0.25, 0.3) is 0 Å². The van der Waals surface area contributed by atoms with Gasteiger partial charge in [-0.15, -0.1) is 0 Å². The largest absolute Gasteiger partial charge is 0.398 e. The maximum Gasteiger partial charge on any atom is 0.101 e. The van der Waals surface area contributed by atoms with Crippen LogP contribution in [0.3, 0.4) is 0 Å². The van der Waals surface area contributed by atoms with Crippen molar-refractivity contribution in [3.05, 3.63) is 48.2 Å². The third-order valence-corrected chi connectivity index (χ3v) is 3.02. The van der Waals surface area contributed by atoms with Crippen LogP contribution >= 0.6 is 11.8 Å². The molecular formula is C12H12N2S. The molecule has 0 unspecified atom stereocenters. The van der Waals surface area contributed by atoms with E-state index in [1.807, 2.05) is 49.4 Å². The molecule has 0 aliphatic carbocycles. The van der Waals surface area contributed by atoms with Gasteiger partial charge in [-0.25, -0.2) is 4.98 Å². The van der Waals surface area contributed by atoms with Gasteiger partial charge in [-0.3, -0.25) is 0 Å². The molecule has 0 bridgehead atoms. The average Bonchev–Trinajstić information content (AvgIpc) is 2.22. The zero-order chi connectivity index (χ0) is 10.7. The number of benzene rings is 1. The Bertz CT molecular complexity index is 469. The lowest BCUT2D eigenvalue weighted by molar-refractivity contribution is 1.06. The highest BCUT2D eigenvalue weighted by Gasteiger charge is 2.01. The summed E-state index contributed by atoms with van der Waals surface area (Å²) >= 11 is 1.59. The number of nitrogens with zero attached hydrogens (tertiary/aromatic N) is 1. The zero-order valence-electron chi connectivity index (χ0n) is 8.47. The number of rotatable bonds is 2. The summed E-state index contributed by atoms with van der Waals surface area (Å²) in [5, 5.41) is 0.980. The van der Waals surface area contributed by atoms with Gasteiger partial charge >= 0.3 is 0 Å². The molecule has 0 radical (unpaired) electrons. The van der Waals surface area contributed by atoms with Crippen molar-refractivity contribution in [2.75, 3.05) is 5.73 Å². The Kier molecular flexibility index (Phi) is 2.92. The topological polar surface area (TPSA) is 38.9 Å². The van der Waals surface area contributed by atoms with Crippen molar-refractivity contribution in [1.29, 1.82) is 0 Å². The molecule has 1 aromatic heterocycles. The predicted octanol–water partition coefficient (Wildman–Crippen LogP) is 3.12. The van der Waals surface area contributed by atoms with Gasteiger partial charge in [0.2, 0.25) is 0 Å². The second-order valence-electron chi connectivity index (χ2n) is 3.26. The molecule has 2 nitrogen and oxygen atoms in total. The summed E-state index contributed by atoms with van der Waals surface area (Å²) in [4.78, 5) is 5.47. The van der Waals surface area contributed by atoms with E-state index in [2.05, 4.69) is 4.98 Å². The Labute approximate surface area is 93.5 Å². The van der Waals surface area contributed by atoms with E-state index in [1.54, 1.807) is 11.8 Å². The number of aryl methyl sites for hydroxylation is 1. The smallest absolute Gasteiger partial charge is 0.101 e. The second-order valence-corrected chi connectivity index (χ2v) is 4.32. The van der Waals surface area contributed by atoms with Crippen LogP contribution in [0.4, 0.5) is 5.69 Å². The fourth-order valence-corrected chi connectivity index (χ4v) is 2.16. The van der Waals surface area contributed by atoms with Crippen LogP contribution in [0.2, 0.25) is 0 Å². The lowest BCUT2D eigenvalue weighted by Gasteiger charge is -2.04. The van der Waals surface area contributed by atoms with Crippen LogP contribution in [0, 0.1) is 6.92 Å². The van der Waals surface area contributed by atoms with E-state index in [0.29, 0.717) is 0 Å². The average molecular weight is 216 g/mol. The van der Waals surface area contributed by atoms with Gasteiger partial charge in [0, 0.05) is 16.3 Å². The minimum atomic E-state index is 0.797. The zero-order valence-corrected chi connectivity index (χ0v) is 9.29. The van der Waals surface area contributed by atoms with Crippen molar-refractivity contribution in [3.8, 4) is 0 Å². The van der Waals surface area contributed by atoms with Crippen molar-refractivity contribution < 1.29 is 0 Å². The van der Waals surface area contributed by atoms with Crippen LogP contribution in [0.1, 0.15) is 5.69 Å². The third kappa shape index (κ3) is 2.50. The van der Waals surface area contributed by atoms with E-state index in [4.69, 9.17) is 5.73 Å². The number of hydrogen-bond acceptors (Lipinski definition) is 3. The molecule has 0 aliphatic rings. The van der Waals surface area contributed by atoms with Crippen molar-refractivity contribution in [3.63, 3.8) is 0 Å². The molecule has 15 heavy (non-hydrogen) atoms. The molecule has 0 atom stereocenters. The van der Waals surface area contributed by atoms with Gasteiger partial charge in [-0.1, -0.05) is 30.0 Å². The number of para-hydroxylation sites is 1. The van der Waals surface area contributed by atoms with E-state index >= 15 is 0 Å². The van der Waals surface area contributed by atoms with Crippen LogP contribution in [0.15, 0.2) is 52.4 Å². The molecule has 0 saturated heterocycles. The standard InChI is InChI=1S/C12H12N2S/c1-9-5-4-8-12(14-9)15-11-7-3-2-6-10(11)13/h2-8H,13H2,1H3. The summed E-state index contributed by atoms with van der Waals surface area (Å²) in [6.07, 6.45) is 0. The summed E-state index contributed by atoms with van der Waals surface area (Å²) < 4.78 is 0. The molecule has 76 valence electrons. The summed E-state index contributed by atoms with van der Waals surface area (Å²) in [6.45, 7) is 1.98. The Balaban J connectivity index is 2.26. The Morgan fingerprint density at radius 1 is 1.07 bits per heavy atom. The number of hydrogen-bond donors (Lipinski definition) is 1. The first-order valence-electron chi connectivity index (χ1n) is 4.72. The highest BCUT2D eigenvalue weighted by molar-refractivity contribution is 7.99. The monoisotopic (exact) mass is 216 g/mol. The number of aromatic nitrogens is 1. The fraction of sp³-hybridized carbons (Fsp3) is 0.0833. The number of anilines is 1. The molecule has 2 N–H and O–H groups in total.